The van der Waals surface area contributed by atoms with E-state index in [1.54, 1.807) is 0 Å². The van der Waals surface area contributed by atoms with Crippen molar-refractivity contribution in [3.8, 4) is 0 Å². The van der Waals surface area contributed by atoms with Gasteiger partial charge in [-0.15, -0.1) is 0 Å². The minimum Gasteiger partial charge on any atom is -0.381 e. The Morgan fingerprint density at radius 3 is 2.78 bits per heavy atom. The Labute approximate surface area is 117 Å². The predicted molar refractivity (Wildman–Crippen MR) is 78.8 cm³/mol. The summed E-state index contributed by atoms with van der Waals surface area (Å²) in [5, 5.41) is 0. The van der Waals surface area contributed by atoms with E-state index in [-0.39, 0.29) is 0 Å². The third kappa shape index (κ3) is 3.25. The Hall–Kier alpha value is -0.580. The zero-order chi connectivity index (χ0) is 13.0. The van der Waals surface area contributed by atoms with Gasteiger partial charge in [-0.2, -0.15) is 0 Å². The molecule has 1 fully saturated rings. The molecule has 0 bridgehead atoms. The summed E-state index contributed by atoms with van der Waals surface area (Å²) in [6.45, 7) is 3.45. The number of halogens is 1. The van der Waals surface area contributed by atoms with Crippen LogP contribution in [-0.4, -0.2) is 26.8 Å². The summed E-state index contributed by atoms with van der Waals surface area (Å²) in [6, 6.07) is 6.26. The van der Waals surface area contributed by atoms with Crippen LogP contribution in [-0.2, 0) is 11.3 Å². The second-order valence-electron chi connectivity index (χ2n) is 4.88. The Balaban J connectivity index is 2.07. The highest BCUT2D eigenvalue weighted by Gasteiger charge is 2.17. The number of anilines is 1. The fourth-order valence-electron chi connectivity index (χ4n) is 2.52. The molecular weight excluding hydrogens is 292 g/mol. The van der Waals surface area contributed by atoms with Crippen molar-refractivity contribution in [2.24, 2.45) is 11.7 Å². The molecule has 0 aliphatic carbocycles. The van der Waals surface area contributed by atoms with Crippen molar-refractivity contribution >= 4 is 21.6 Å². The molecule has 1 aliphatic heterocycles. The quantitative estimate of drug-likeness (QED) is 0.929. The van der Waals surface area contributed by atoms with E-state index in [0.29, 0.717) is 6.54 Å². The van der Waals surface area contributed by atoms with Crippen LogP contribution < -0.4 is 10.6 Å². The van der Waals surface area contributed by atoms with Crippen LogP contribution in [0.3, 0.4) is 0 Å². The number of benzene rings is 1. The molecule has 1 aromatic carbocycles. The van der Waals surface area contributed by atoms with Crippen molar-refractivity contribution in [3.63, 3.8) is 0 Å². The Morgan fingerprint density at radius 1 is 1.39 bits per heavy atom. The number of hydrogen-bond donors (Lipinski definition) is 1. The smallest absolute Gasteiger partial charge is 0.0469 e. The monoisotopic (exact) mass is 312 g/mol. The van der Waals surface area contributed by atoms with Crippen LogP contribution in [0.2, 0.25) is 0 Å². The van der Waals surface area contributed by atoms with Crippen molar-refractivity contribution in [2.75, 3.05) is 31.7 Å². The largest absolute Gasteiger partial charge is 0.381 e. The zero-order valence-electron chi connectivity index (χ0n) is 10.9. The van der Waals surface area contributed by atoms with Gasteiger partial charge in [-0.3, -0.25) is 0 Å². The molecule has 3 nitrogen and oxygen atoms in total. The fourth-order valence-corrected chi connectivity index (χ4v) is 3.04. The van der Waals surface area contributed by atoms with Crippen molar-refractivity contribution in [1.29, 1.82) is 0 Å². The van der Waals surface area contributed by atoms with Gasteiger partial charge in [0.2, 0.25) is 0 Å². The van der Waals surface area contributed by atoms with Gasteiger partial charge in [0.1, 0.15) is 0 Å². The first-order valence-electron chi connectivity index (χ1n) is 6.48. The zero-order valence-corrected chi connectivity index (χ0v) is 12.4. The van der Waals surface area contributed by atoms with Gasteiger partial charge in [0.15, 0.2) is 0 Å². The lowest BCUT2D eigenvalue weighted by atomic mass is 9.99. The second kappa shape index (κ2) is 6.55. The first-order chi connectivity index (χ1) is 8.72. The molecule has 18 heavy (non-hydrogen) atoms. The van der Waals surface area contributed by atoms with Gasteiger partial charge in [0.05, 0.1) is 0 Å². The maximum atomic E-state index is 5.85. The Kier molecular flexibility index (Phi) is 5.03. The van der Waals surface area contributed by atoms with Crippen molar-refractivity contribution in [3.05, 3.63) is 28.2 Å². The molecule has 1 aromatic rings. The summed E-state index contributed by atoms with van der Waals surface area (Å²) in [7, 11) is 2.15. The van der Waals surface area contributed by atoms with Gasteiger partial charge < -0.3 is 15.4 Å². The van der Waals surface area contributed by atoms with Crippen LogP contribution in [0.15, 0.2) is 22.7 Å². The van der Waals surface area contributed by atoms with Crippen molar-refractivity contribution in [2.45, 2.75) is 19.4 Å². The third-order valence-corrected chi connectivity index (χ3v) is 4.33. The topological polar surface area (TPSA) is 38.5 Å². The van der Waals surface area contributed by atoms with Crippen molar-refractivity contribution < 1.29 is 4.74 Å². The second-order valence-corrected chi connectivity index (χ2v) is 5.73. The first-order valence-corrected chi connectivity index (χ1v) is 7.28. The molecule has 100 valence electrons. The van der Waals surface area contributed by atoms with E-state index in [1.807, 2.05) is 6.07 Å². The lowest BCUT2D eigenvalue weighted by molar-refractivity contribution is 0.0685. The molecule has 4 heteroatoms. The summed E-state index contributed by atoms with van der Waals surface area (Å²) in [6.07, 6.45) is 2.33. The summed E-state index contributed by atoms with van der Waals surface area (Å²) < 4.78 is 6.50. The predicted octanol–water partition coefficient (Wildman–Crippen LogP) is 2.77. The highest BCUT2D eigenvalue weighted by Crippen LogP contribution is 2.28. The van der Waals surface area contributed by atoms with Gasteiger partial charge >= 0.3 is 0 Å². The van der Waals surface area contributed by atoms with Crippen LogP contribution in [0, 0.1) is 5.92 Å². The molecule has 1 aliphatic rings. The van der Waals surface area contributed by atoms with Crippen LogP contribution in [0.1, 0.15) is 18.4 Å². The molecule has 1 heterocycles. The van der Waals surface area contributed by atoms with E-state index in [1.165, 1.54) is 11.3 Å². The van der Waals surface area contributed by atoms with E-state index in [0.717, 1.165) is 43.0 Å². The number of ether oxygens (including phenoxy) is 1. The summed E-state index contributed by atoms with van der Waals surface area (Å²) >= 11 is 3.57. The maximum absolute atomic E-state index is 5.85. The number of hydrogen-bond acceptors (Lipinski definition) is 3. The van der Waals surface area contributed by atoms with E-state index < -0.39 is 0 Å². The lowest BCUT2D eigenvalue weighted by Gasteiger charge is -2.29. The molecule has 0 radical (unpaired) electrons. The van der Waals surface area contributed by atoms with Crippen LogP contribution in [0.4, 0.5) is 5.69 Å². The Bertz CT molecular complexity index is 391. The summed E-state index contributed by atoms with van der Waals surface area (Å²) in [4.78, 5) is 2.32. The number of nitrogens with zero attached hydrogens (tertiary/aromatic N) is 1. The summed E-state index contributed by atoms with van der Waals surface area (Å²) in [5.74, 6) is 0.730. The first kappa shape index (κ1) is 13.8. The van der Waals surface area contributed by atoms with Gasteiger partial charge in [-0.1, -0.05) is 22.0 Å². The average Bonchev–Trinajstić information content (AvgIpc) is 2.39. The highest BCUT2D eigenvalue weighted by molar-refractivity contribution is 9.10. The van der Waals surface area contributed by atoms with E-state index >= 15 is 0 Å². The van der Waals surface area contributed by atoms with Crippen LogP contribution in [0.25, 0.3) is 0 Å². The number of rotatable bonds is 4. The third-order valence-electron chi connectivity index (χ3n) is 3.58. The van der Waals surface area contributed by atoms with Gasteiger partial charge in [-0.25, -0.2) is 0 Å². The molecule has 1 saturated heterocycles. The molecule has 0 saturated carbocycles. The lowest BCUT2D eigenvalue weighted by Crippen LogP contribution is -2.30. The molecule has 0 aromatic heterocycles. The van der Waals surface area contributed by atoms with E-state index in [2.05, 4.69) is 40.0 Å². The molecule has 0 spiro atoms. The molecule has 0 unspecified atom stereocenters. The standard InChI is InChI=1S/C14H21BrN2O/c1-17(10-11-5-7-18-8-6-11)14-4-2-3-13(15)12(14)9-16/h2-4,11H,5-10,16H2,1H3. The van der Waals surface area contributed by atoms with Crippen molar-refractivity contribution in [1.82, 2.24) is 0 Å². The molecule has 2 rings (SSSR count). The van der Waals surface area contributed by atoms with Gasteiger partial charge in [0, 0.05) is 49.1 Å². The number of nitrogens with two attached hydrogens (primary N) is 1. The van der Waals surface area contributed by atoms with Gasteiger partial charge in [-0.05, 0) is 30.9 Å². The SMILES string of the molecule is CN(CC1CCOCC1)c1cccc(Br)c1CN. The highest BCUT2D eigenvalue weighted by atomic mass is 79.9. The molecular formula is C14H21BrN2O. The normalized spacial score (nSPS) is 16.8. The van der Waals surface area contributed by atoms with Gasteiger partial charge in [0.25, 0.3) is 0 Å². The average molecular weight is 313 g/mol. The molecule has 2 N–H and O–H groups in total. The fraction of sp³-hybridized carbons (Fsp3) is 0.571. The summed E-state index contributed by atoms with van der Waals surface area (Å²) in [5.41, 5.74) is 8.27. The minimum atomic E-state index is 0.564. The van der Waals surface area contributed by atoms with Crippen LogP contribution in [0.5, 0.6) is 0 Å². The minimum absolute atomic E-state index is 0.564. The Morgan fingerprint density at radius 2 is 2.11 bits per heavy atom. The van der Waals surface area contributed by atoms with E-state index in [4.69, 9.17) is 10.5 Å². The molecule has 0 atom stereocenters. The van der Waals surface area contributed by atoms with E-state index in [9.17, 15) is 0 Å². The maximum Gasteiger partial charge on any atom is 0.0469 e. The molecule has 0 amide bonds. The van der Waals surface area contributed by atoms with Crippen LogP contribution >= 0.6 is 15.9 Å².